The van der Waals surface area contributed by atoms with Crippen LogP contribution in [0.25, 0.3) is 10.6 Å². The minimum Gasteiger partial charge on any atom is -0.488 e. The number of aromatic nitrogens is 1. The molecule has 0 saturated heterocycles. The van der Waals surface area contributed by atoms with Crippen LogP contribution in [-0.4, -0.2) is 10.9 Å². The summed E-state index contributed by atoms with van der Waals surface area (Å²) in [5.74, 6) is -0.918. The van der Waals surface area contributed by atoms with E-state index in [1.807, 2.05) is 37.3 Å². The Labute approximate surface area is 182 Å². The van der Waals surface area contributed by atoms with E-state index in [4.69, 9.17) is 4.74 Å². The molecule has 156 valence electrons. The standard InChI is InChI=1S/C24H18F2N2O2S/c1-15-6-9-18(10-7-15)27-23(29)21-14-31-24(28-21)19-4-2-3-5-22(19)30-13-16-12-17(25)8-11-20(16)26/h2-12,14H,13H2,1H3,(H,27,29). The van der Waals surface area contributed by atoms with E-state index in [1.165, 1.54) is 11.3 Å². The van der Waals surface area contributed by atoms with Crippen molar-refractivity contribution in [3.63, 3.8) is 0 Å². The van der Waals surface area contributed by atoms with Crippen molar-refractivity contribution < 1.29 is 18.3 Å². The second-order valence-corrected chi connectivity index (χ2v) is 7.74. The summed E-state index contributed by atoms with van der Waals surface area (Å²) in [7, 11) is 0. The van der Waals surface area contributed by atoms with Crippen molar-refractivity contribution in [2.75, 3.05) is 5.32 Å². The van der Waals surface area contributed by atoms with Gasteiger partial charge in [-0.05, 0) is 49.4 Å². The summed E-state index contributed by atoms with van der Waals surface area (Å²) in [6.45, 7) is 1.84. The Kier molecular flexibility index (Phi) is 6.04. The molecule has 0 fully saturated rings. The van der Waals surface area contributed by atoms with Gasteiger partial charge in [0.1, 0.15) is 34.7 Å². The SMILES string of the molecule is Cc1ccc(NC(=O)c2csc(-c3ccccc3OCc3cc(F)ccc3F)n2)cc1. The second-order valence-electron chi connectivity index (χ2n) is 6.88. The summed E-state index contributed by atoms with van der Waals surface area (Å²) in [6.07, 6.45) is 0. The smallest absolute Gasteiger partial charge is 0.275 e. The number of benzene rings is 3. The van der Waals surface area contributed by atoms with E-state index >= 15 is 0 Å². The molecule has 0 aliphatic heterocycles. The van der Waals surface area contributed by atoms with Crippen LogP contribution in [0.4, 0.5) is 14.5 Å². The molecule has 1 aromatic heterocycles. The number of hydrogen-bond acceptors (Lipinski definition) is 4. The summed E-state index contributed by atoms with van der Waals surface area (Å²) in [5.41, 5.74) is 2.85. The molecule has 0 aliphatic carbocycles. The summed E-state index contributed by atoms with van der Waals surface area (Å²) < 4.78 is 33.0. The lowest BCUT2D eigenvalue weighted by Crippen LogP contribution is -2.12. The lowest BCUT2D eigenvalue weighted by Gasteiger charge is -2.10. The molecule has 0 unspecified atom stereocenters. The number of halogens is 2. The lowest BCUT2D eigenvalue weighted by molar-refractivity contribution is 0.102. The van der Waals surface area contributed by atoms with Crippen LogP contribution in [0.3, 0.4) is 0 Å². The summed E-state index contributed by atoms with van der Waals surface area (Å²) in [5, 5.41) is 5.08. The van der Waals surface area contributed by atoms with Gasteiger partial charge in [-0.15, -0.1) is 11.3 Å². The monoisotopic (exact) mass is 436 g/mol. The Balaban J connectivity index is 1.51. The summed E-state index contributed by atoms with van der Waals surface area (Å²) >= 11 is 1.30. The predicted molar refractivity (Wildman–Crippen MR) is 117 cm³/mol. The first kappa shape index (κ1) is 20.7. The average molecular weight is 436 g/mol. The predicted octanol–water partition coefficient (Wildman–Crippen LogP) is 6.23. The van der Waals surface area contributed by atoms with Crippen LogP contribution in [0.2, 0.25) is 0 Å². The van der Waals surface area contributed by atoms with E-state index in [1.54, 1.807) is 23.6 Å². The van der Waals surface area contributed by atoms with Crippen molar-refractivity contribution in [3.05, 3.63) is 101 Å². The number of ether oxygens (including phenoxy) is 1. The van der Waals surface area contributed by atoms with Gasteiger partial charge in [0.25, 0.3) is 5.91 Å². The van der Waals surface area contributed by atoms with Crippen molar-refractivity contribution in [2.45, 2.75) is 13.5 Å². The maximum Gasteiger partial charge on any atom is 0.275 e. The highest BCUT2D eigenvalue weighted by Crippen LogP contribution is 2.33. The Morgan fingerprint density at radius 2 is 1.84 bits per heavy atom. The fourth-order valence-corrected chi connectivity index (χ4v) is 3.74. The molecule has 0 bridgehead atoms. The molecular formula is C24H18F2N2O2S. The van der Waals surface area contributed by atoms with Gasteiger partial charge in [-0.25, -0.2) is 13.8 Å². The molecule has 1 amide bonds. The highest BCUT2D eigenvalue weighted by atomic mass is 32.1. The molecule has 4 nitrogen and oxygen atoms in total. The highest BCUT2D eigenvalue weighted by Gasteiger charge is 2.15. The van der Waals surface area contributed by atoms with Crippen LogP contribution in [0.5, 0.6) is 5.75 Å². The number of para-hydroxylation sites is 1. The zero-order chi connectivity index (χ0) is 21.8. The van der Waals surface area contributed by atoms with Gasteiger partial charge in [0, 0.05) is 16.6 Å². The number of carbonyl (C=O) groups is 1. The van der Waals surface area contributed by atoms with Crippen LogP contribution in [-0.2, 0) is 6.61 Å². The third-order valence-corrected chi connectivity index (χ3v) is 5.43. The molecule has 7 heteroatoms. The van der Waals surface area contributed by atoms with Crippen LogP contribution in [0.15, 0.2) is 72.1 Å². The number of rotatable bonds is 6. The van der Waals surface area contributed by atoms with Gasteiger partial charge >= 0.3 is 0 Å². The Bertz CT molecular complexity index is 1220. The molecule has 1 N–H and O–H groups in total. The average Bonchev–Trinajstić information content (AvgIpc) is 3.26. The third-order valence-electron chi connectivity index (χ3n) is 4.55. The van der Waals surface area contributed by atoms with Crippen LogP contribution >= 0.6 is 11.3 Å². The second kappa shape index (κ2) is 9.06. The molecule has 4 aromatic rings. The zero-order valence-electron chi connectivity index (χ0n) is 16.6. The fourth-order valence-electron chi connectivity index (χ4n) is 2.91. The molecule has 0 aliphatic rings. The first-order chi connectivity index (χ1) is 15.0. The number of thiazole rings is 1. The Hall–Kier alpha value is -3.58. The molecule has 0 atom stereocenters. The van der Waals surface area contributed by atoms with Crippen molar-refractivity contribution in [2.24, 2.45) is 0 Å². The molecule has 0 spiro atoms. The maximum absolute atomic E-state index is 13.9. The number of nitrogens with zero attached hydrogens (tertiary/aromatic N) is 1. The minimum absolute atomic E-state index is 0.118. The highest BCUT2D eigenvalue weighted by molar-refractivity contribution is 7.13. The van der Waals surface area contributed by atoms with E-state index in [-0.39, 0.29) is 23.8 Å². The van der Waals surface area contributed by atoms with Gasteiger partial charge in [-0.3, -0.25) is 4.79 Å². The molecule has 0 saturated carbocycles. The maximum atomic E-state index is 13.9. The van der Waals surface area contributed by atoms with Crippen molar-refractivity contribution in [1.29, 1.82) is 0 Å². The topological polar surface area (TPSA) is 51.2 Å². The largest absolute Gasteiger partial charge is 0.488 e. The fraction of sp³-hybridized carbons (Fsp3) is 0.0833. The van der Waals surface area contributed by atoms with Gasteiger partial charge in [-0.1, -0.05) is 29.8 Å². The Morgan fingerprint density at radius 3 is 2.65 bits per heavy atom. The Morgan fingerprint density at radius 1 is 1.06 bits per heavy atom. The molecule has 4 rings (SSSR count). The molecule has 1 heterocycles. The van der Waals surface area contributed by atoms with Crippen LogP contribution in [0.1, 0.15) is 21.6 Å². The summed E-state index contributed by atoms with van der Waals surface area (Å²) in [6, 6.07) is 17.8. The number of aryl methyl sites for hydroxylation is 1. The number of anilines is 1. The first-order valence-electron chi connectivity index (χ1n) is 9.49. The van der Waals surface area contributed by atoms with Crippen LogP contribution in [0, 0.1) is 18.6 Å². The van der Waals surface area contributed by atoms with Crippen molar-refractivity contribution in [1.82, 2.24) is 4.98 Å². The normalized spacial score (nSPS) is 10.7. The van der Waals surface area contributed by atoms with Gasteiger partial charge in [0.05, 0.1) is 5.56 Å². The molecule has 3 aromatic carbocycles. The number of amides is 1. The minimum atomic E-state index is -0.539. The quantitative estimate of drug-likeness (QED) is 0.390. The van der Waals surface area contributed by atoms with Gasteiger partial charge < -0.3 is 10.1 Å². The van der Waals surface area contributed by atoms with E-state index in [2.05, 4.69) is 10.3 Å². The van der Waals surface area contributed by atoms with Crippen molar-refractivity contribution in [3.8, 4) is 16.3 Å². The third kappa shape index (κ3) is 4.95. The number of carbonyl (C=O) groups excluding carboxylic acids is 1. The zero-order valence-corrected chi connectivity index (χ0v) is 17.4. The number of nitrogens with one attached hydrogen (secondary N) is 1. The van der Waals surface area contributed by atoms with Gasteiger partial charge in [0.2, 0.25) is 0 Å². The molecular weight excluding hydrogens is 418 g/mol. The van der Waals surface area contributed by atoms with E-state index < -0.39 is 11.6 Å². The van der Waals surface area contributed by atoms with Gasteiger partial charge in [0.15, 0.2) is 0 Å². The van der Waals surface area contributed by atoms with E-state index in [0.717, 1.165) is 23.8 Å². The number of hydrogen-bond donors (Lipinski definition) is 1. The van der Waals surface area contributed by atoms with Crippen LogP contribution < -0.4 is 10.1 Å². The van der Waals surface area contributed by atoms with E-state index in [0.29, 0.717) is 22.0 Å². The molecule has 31 heavy (non-hydrogen) atoms. The summed E-state index contributed by atoms with van der Waals surface area (Å²) in [4.78, 5) is 17.0. The lowest BCUT2D eigenvalue weighted by atomic mass is 10.2. The van der Waals surface area contributed by atoms with E-state index in [9.17, 15) is 13.6 Å². The van der Waals surface area contributed by atoms with Crippen molar-refractivity contribution >= 4 is 22.9 Å². The first-order valence-corrected chi connectivity index (χ1v) is 10.4. The van der Waals surface area contributed by atoms with Gasteiger partial charge in [-0.2, -0.15) is 0 Å². The molecule has 0 radical (unpaired) electrons.